The molecule has 1 aromatic rings. The third-order valence-corrected chi connectivity index (χ3v) is 3.02. The summed E-state index contributed by atoms with van der Waals surface area (Å²) in [6.07, 6.45) is 2.38. The van der Waals surface area contributed by atoms with Gasteiger partial charge in [-0.3, -0.25) is 10.7 Å². The number of esters is 1. The van der Waals surface area contributed by atoms with E-state index in [1.807, 2.05) is 20.8 Å². The summed E-state index contributed by atoms with van der Waals surface area (Å²) in [6.45, 7) is 6.13. The van der Waals surface area contributed by atoms with Crippen LogP contribution >= 0.6 is 0 Å². The van der Waals surface area contributed by atoms with Gasteiger partial charge in [0.2, 0.25) is 0 Å². The van der Waals surface area contributed by atoms with E-state index in [4.69, 9.17) is 9.94 Å². The number of ether oxygens (including phenoxy) is 1. The van der Waals surface area contributed by atoms with Crippen molar-refractivity contribution in [1.29, 1.82) is 0 Å². The van der Waals surface area contributed by atoms with Crippen molar-refractivity contribution in [1.82, 2.24) is 5.32 Å². The van der Waals surface area contributed by atoms with Gasteiger partial charge in [-0.05, 0) is 57.4 Å². The Kier molecular flexibility index (Phi) is 4.30. The van der Waals surface area contributed by atoms with Crippen molar-refractivity contribution >= 4 is 11.7 Å². The maximum atomic E-state index is 12.0. The van der Waals surface area contributed by atoms with Crippen molar-refractivity contribution in [3.05, 3.63) is 29.3 Å². The first kappa shape index (κ1) is 14.8. The van der Waals surface area contributed by atoms with Crippen LogP contribution in [0.5, 0.6) is 0 Å². The number of anilines is 1. The Hall–Kier alpha value is -1.59. The minimum Gasteiger partial charge on any atom is -0.456 e. The lowest BCUT2D eigenvalue weighted by Gasteiger charge is -2.20. The average molecular weight is 278 g/mol. The molecule has 0 atom stereocenters. The van der Waals surface area contributed by atoms with Crippen LogP contribution in [-0.4, -0.2) is 22.8 Å². The Balaban J connectivity index is 2.12. The molecule has 0 aromatic heterocycles. The summed E-state index contributed by atoms with van der Waals surface area (Å²) < 4.78 is 5.35. The zero-order valence-electron chi connectivity index (χ0n) is 12.2. The van der Waals surface area contributed by atoms with Gasteiger partial charge < -0.3 is 10.1 Å². The highest BCUT2D eigenvalue weighted by molar-refractivity contribution is 5.90. The van der Waals surface area contributed by atoms with Gasteiger partial charge in [0.1, 0.15) is 5.60 Å². The van der Waals surface area contributed by atoms with E-state index in [2.05, 4.69) is 10.8 Å². The van der Waals surface area contributed by atoms with Gasteiger partial charge in [-0.15, -0.1) is 0 Å². The molecule has 0 spiro atoms. The van der Waals surface area contributed by atoms with Crippen LogP contribution in [0.2, 0.25) is 0 Å². The van der Waals surface area contributed by atoms with E-state index in [1.54, 1.807) is 18.2 Å². The van der Waals surface area contributed by atoms with Crippen LogP contribution in [0.25, 0.3) is 0 Å². The molecular formula is C15H22N2O3. The summed E-state index contributed by atoms with van der Waals surface area (Å²) in [5, 5.41) is 12.5. The van der Waals surface area contributed by atoms with Gasteiger partial charge in [0.25, 0.3) is 0 Å². The molecule has 0 amide bonds. The van der Waals surface area contributed by atoms with E-state index in [9.17, 15) is 4.79 Å². The summed E-state index contributed by atoms with van der Waals surface area (Å²) in [6, 6.07) is 5.64. The smallest absolute Gasteiger partial charge is 0.338 e. The molecule has 0 saturated heterocycles. The summed E-state index contributed by atoms with van der Waals surface area (Å²) in [7, 11) is 0. The lowest BCUT2D eigenvalue weighted by atomic mass is 10.1. The highest BCUT2D eigenvalue weighted by Crippen LogP contribution is 2.23. The highest BCUT2D eigenvalue weighted by atomic mass is 16.6. The van der Waals surface area contributed by atoms with E-state index < -0.39 is 5.60 Å². The molecule has 1 aromatic carbocycles. The topological polar surface area (TPSA) is 70.6 Å². The normalized spacial score (nSPS) is 15.0. The zero-order valence-corrected chi connectivity index (χ0v) is 12.2. The van der Waals surface area contributed by atoms with E-state index >= 15 is 0 Å². The quantitative estimate of drug-likeness (QED) is 0.570. The molecule has 2 rings (SSSR count). The van der Waals surface area contributed by atoms with Crippen LogP contribution in [-0.2, 0) is 11.3 Å². The summed E-state index contributed by atoms with van der Waals surface area (Å²) >= 11 is 0. The molecule has 0 bridgehead atoms. The molecule has 5 heteroatoms. The largest absolute Gasteiger partial charge is 0.456 e. The molecule has 0 radical (unpaired) electrons. The van der Waals surface area contributed by atoms with Crippen molar-refractivity contribution in [2.24, 2.45) is 0 Å². The lowest BCUT2D eigenvalue weighted by Crippen LogP contribution is -2.24. The molecule has 5 nitrogen and oxygen atoms in total. The van der Waals surface area contributed by atoms with Crippen LogP contribution in [0.1, 0.15) is 49.5 Å². The van der Waals surface area contributed by atoms with Gasteiger partial charge >= 0.3 is 5.97 Å². The lowest BCUT2D eigenvalue weighted by molar-refractivity contribution is 0.00694. The second-order valence-electron chi connectivity index (χ2n) is 6.14. The molecule has 1 fully saturated rings. The number of carbonyl (C=O) groups excluding carboxylic acids is 1. The zero-order chi connectivity index (χ0) is 14.8. The Bertz CT molecular complexity index is 490. The number of rotatable bonds is 5. The second-order valence-corrected chi connectivity index (χ2v) is 6.14. The van der Waals surface area contributed by atoms with E-state index in [1.165, 1.54) is 12.8 Å². The first-order valence-electron chi connectivity index (χ1n) is 6.89. The van der Waals surface area contributed by atoms with E-state index in [-0.39, 0.29) is 5.97 Å². The maximum absolute atomic E-state index is 12.0. The fourth-order valence-corrected chi connectivity index (χ4v) is 1.85. The van der Waals surface area contributed by atoms with Gasteiger partial charge in [0, 0.05) is 12.6 Å². The molecule has 3 N–H and O–H groups in total. The molecule has 20 heavy (non-hydrogen) atoms. The summed E-state index contributed by atoms with van der Waals surface area (Å²) in [4.78, 5) is 12.0. The second kappa shape index (κ2) is 5.81. The van der Waals surface area contributed by atoms with Crippen molar-refractivity contribution in [2.75, 3.05) is 5.48 Å². The SMILES string of the molecule is CC(C)(C)OC(=O)c1ccc(NO)c(CNC2CC2)c1. The first-order chi connectivity index (χ1) is 9.39. The van der Waals surface area contributed by atoms with Crippen LogP contribution in [0.15, 0.2) is 18.2 Å². The van der Waals surface area contributed by atoms with Crippen LogP contribution < -0.4 is 10.8 Å². The van der Waals surface area contributed by atoms with Crippen LogP contribution in [0, 0.1) is 0 Å². The molecule has 0 aliphatic heterocycles. The number of benzene rings is 1. The van der Waals surface area contributed by atoms with E-state index in [0.29, 0.717) is 23.8 Å². The third kappa shape index (κ3) is 4.21. The number of hydrogen-bond donors (Lipinski definition) is 3. The average Bonchev–Trinajstić information content (AvgIpc) is 3.18. The summed E-state index contributed by atoms with van der Waals surface area (Å²) in [5.41, 5.74) is 3.59. The molecule has 0 heterocycles. The van der Waals surface area contributed by atoms with Gasteiger partial charge in [0.15, 0.2) is 0 Å². The Morgan fingerprint density at radius 2 is 2.10 bits per heavy atom. The van der Waals surface area contributed by atoms with Gasteiger partial charge in [-0.1, -0.05) is 0 Å². The fraction of sp³-hybridized carbons (Fsp3) is 0.533. The van der Waals surface area contributed by atoms with Gasteiger partial charge in [-0.2, -0.15) is 0 Å². The minimum absolute atomic E-state index is 0.352. The maximum Gasteiger partial charge on any atom is 0.338 e. The fourth-order valence-electron chi connectivity index (χ4n) is 1.85. The van der Waals surface area contributed by atoms with E-state index in [0.717, 1.165) is 5.56 Å². The number of hydrogen-bond acceptors (Lipinski definition) is 5. The molecule has 0 unspecified atom stereocenters. The monoisotopic (exact) mass is 278 g/mol. The Labute approximate surface area is 119 Å². The standard InChI is InChI=1S/C15H22N2O3/c1-15(2,3)20-14(18)10-4-7-13(17-19)11(8-10)9-16-12-5-6-12/h4,7-8,12,16-17,19H,5-6,9H2,1-3H3. The highest BCUT2D eigenvalue weighted by Gasteiger charge is 2.22. The minimum atomic E-state index is -0.516. The molecule has 1 saturated carbocycles. The first-order valence-corrected chi connectivity index (χ1v) is 6.89. The van der Waals surface area contributed by atoms with Crippen molar-refractivity contribution < 1.29 is 14.7 Å². The van der Waals surface area contributed by atoms with Crippen LogP contribution in [0.4, 0.5) is 5.69 Å². The van der Waals surface area contributed by atoms with Gasteiger partial charge in [0.05, 0.1) is 11.3 Å². The molecular weight excluding hydrogens is 256 g/mol. The predicted molar refractivity (Wildman–Crippen MR) is 76.9 cm³/mol. The molecule has 110 valence electrons. The van der Waals surface area contributed by atoms with Gasteiger partial charge in [-0.25, -0.2) is 4.79 Å². The summed E-state index contributed by atoms with van der Waals surface area (Å²) in [5.74, 6) is -0.352. The molecule has 1 aliphatic carbocycles. The van der Waals surface area contributed by atoms with Crippen molar-refractivity contribution in [3.8, 4) is 0 Å². The number of carbonyl (C=O) groups is 1. The van der Waals surface area contributed by atoms with Crippen molar-refractivity contribution in [2.45, 2.75) is 51.8 Å². The Morgan fingerprint density at radius 1 is 1.40 bits per heavy atom. The predicted octanol–water partition coefficient (Wildman–Crippen LogP) is 2.70. The van der Waals surface area contributed by atoms with Crippen molar-refractivity contribution in [3.63, 3.8) is 0 Å². The number of nitrogens with one attached hydrogen (secondary N) is 2. The Morgan fingerprint density at radius 3 is 2.65 bits per heavy atom. The molecule has 1 aliphatic rings. The van der Waals surface area contributed by atoms with Crippen LogP contribution in [0.3, 0.4) is 0 Å². The third-order valence-electron chi connectivity index (χ3n) is 3.02.